The third-order valence-corrected chi connectivity index (χ3v) is 3.57. The molecule has 6 heteroatoms. The second kappa shape index (κ2) is 4.36. The predicted molar refractivity (Wildman–Crippen MR) is 65.5 cm³/mol. The van der Waals surface area contributed by atoms with Crippen LogP contribution in [-0.2, 0) is 0 Å². The van der Waals surface area contributed by atoms with Crippen molar-refractivity contribution in [1.82, 2.24) is 14.6 Å². The molecule has 0 spiro atoms. The molecule has 0 atom stereocenters. The lowest BCUT2D eigenvalue weighted by Gasteiger charge is -2.18. The van der Waals surface area contributed by atoms with E-state index in [1.807, 2.05) is 0 Å². The van der Waals surface area contributed by atoms with E-state index >= 15 is 0 Å². The maximum absolute atomic E-state index is 11.3. The number of rotatable bonds is 2. The number of nitro groups is 1. The van der Waals surface area contributed by atoms with Gasteiger partial charge in [-0.15, -0.1) is 0 Å². The topological polar surface area (TPSA) is 73.3 Å². The molecule has 0 amide bonds. The molecule has 0 radical (unpaired) electrons. The minimum absolute atomic E-state index is 0.0856. The average molecular weight is 246 g/mol. The van der Waals surface area contributed by atoms with Gasteiger partial charge < -0.3 is 0 Å². The molecule has 0 aromatic carbocycles. The summed E-state index contributed by atoms with van der Waals surface area (Å²) in [7, 11) is 0. The molecule has 94 valence electrons. The first-order valence-corrected chi connectivity index (χ1v) is 6.25. The van der Waals surface area contributed by atoms with Gasteiger partial charge in [0.1, 0.15) is 5.69 Å². The molecule has 0 aliphatic heterocycles. The molecular formula is C12H14N4O2. The van der Waals surface area contributed by atoms with Crippen molar-refractivity contribution in [1.29, 1.82) is 0 Å². The van der Waals surface area contributed by atoms with E-state index in [0.29, 0.717) is 11.3 Å². The first-order chi connectivity index (χ1) is 8.77. The Hall–Kier alpha value is -1.98. The number of hydrogen-bond acceptors (Lipinski definition) is 4. The molecule has 1 saturated carbocycles. The molecule has 2 aromatic rings. The first kappa shape index (κ1) is 11.1. The van der Waals surface area contributed by atoms with Crippen molar-refractivity contribution >= 4 is 11.3 Å². The van der Waals surface area contributed by atoms with E-state index in [0.717, 1.165) is 25.7 Å². The highest BCUT2D eigenvalue weighted by Gasteiger charge is 2.30. The van der Waals surface area contributed by atoms with Crippen molar-refractivity contribution < 1.29 is 4.92 Å². The molecule has 3 rings (SSSR count). The first-order valence-electron chi connectivity index (χ1n) is 6.25. The van der Waals surface area contributed by atoms with Crippen LogP contribution in [-0.4, -0.2) is 19.5 Å². The molecule has 2 heterocycles. The normalized spacial score (nSPS) is 17.1. The van der Waals surface area contributed by atoms with E-state index in [2.05, 4.69) is 10.1 Å². The van der Waals surface area contributed by atoms with Gasteiger partial charge in [0.05, 0.1) is 4.92 Å². The number of hydrogen-bond donors (Lipinski definition) is 0. The average Bonchev–Trinajstić information content (AvgIpc) is 2.79. The zero-order valence-electron chi connectivity index (χ0n) is 9.95. The Bertz CT molecular complexity index is 587. The highest BCUT2D eigenvalue weighted by atomic mass is 16.6. The Balaban J connectivity index is 2.14. The van der Waals surface area contributed by atoms with E-state index in [-0.39, 0.29) is 16.5 Å². The van der Waals surface area contributed by atoms with E-state index in [4.69, 9.17) is 0 Å². The summed E-state index contributed by atoms with van der Waals surface area (Å²) in [5, 5.41) is 15.6. The summed E-state index contributed by atoms with van der Waals surface area (Å²) in [6, 6.07) is 1.73. The minimum Gasteiger partial charge on any atom is -0.258 e. The van der Waals surface area contributed by atoms with Crippen LogP contribution in [0.15, 0.2) is 18.5 Å². The van der Waals surface area contributed by atoms with Crippen molar-refractivity contribution in [3.05, 3.63) is 34.3 Å². The van der Waals surface area contributed by atoms with Crippen LogP contribution in [0.3, 0.4) is 0 Å². The monoisotopic (exact) mass is 246 g/mol. The summed E-state index contributed by atoms with van der Waals surface area (Å²) in [6.07, 6.45) is 8.73. The quantitative estimate of drug-likeness (QED) is 0.603. The van der Waals surface area contributed by atoms with Crippen LogP contribution in [0.1, 0.15) is 43.7 Å². The third kappa shape index (κ3) is 1.73. The van der Waals surface area contributed by atoms with Crippen molar-refractivity contribution in [3.63, 3.8) is 0 Å². The van der Waals surface area contributed by atoms with Gasteiger partial charge in [-0.05, 0) is 18.9 Å². The van der Waals surface area contributed by atoms with Gasteiger partial charge in [-0.25, -0.2) is 9.50 Å². The highest BCUT2D eigenvalue weighted by molar-refractivity contribution is 5.62. The maximum Gasteiger partial charge on any atom is 0.337 e. The fourth-order valence-corrected chi connectivity index (χ4v) is 2.72. The van der Waals surface area contributed by atoms with E-state index in [1.165, 1.54) is 10.9 Å². The van der Waals surface area contributed by atoms with Gasteiger partial charge in [0.2, 0.25) is 5.65 Å². The van der Waals surface area contributed by atoms with Gasteiger partial charge in [-0.1, -0.05) is 19.3 Å². The van der Waals surface area contributed by atoms with Crippen LogP contribution in [0.4, 0.5) is 5.69 Å². The van der Waals surface area contributed by atoms with Crippen LogP contribution in [0.5, 0.6) is 0 Å². The molecule has 1 aliphatic carbocycles. The summed E-state index contributed by atoms with van der Waals surface area (Å²) < 4.78 is 1.52. The van der Waals surface area contributed by atoms with Crippen LogP contribution in [0.2, 0.25) is 0 Å². The summed E-state index contributed by atoms with van der Waals surface area (Å²) in [6.45, 7) is 0. The van der Waals surface area contributed by atoms with E-state index in [1.54, 1.807) is 18.5 Å². The molecule has 6 nitrogen and oxygen atoms in total. The SMILES string of the molecule is O=[N+]([O-])c1c(C2CCCCC2)nn2cccnc12. The van der Waals surface area contributed by atoms with E-state index in [9.17, 15) is 10.1 Å². The van der Waals surface area contributed by atoms with Crippen molar-refractivity contribution in [2.24, 2.45) is 0 Å². The summed E-state index contributed by atoms with van der Waals surface area (Å²) in [4.78, 5) is 15.0. The van der Waals surface area contributed by atoms with Gasteiger partial charge in [0, 0.05) is 18.3 Å². The standard InChI is InChI=1S/C12H14N4O2/c17-16(18)11-10(9-5-2-1-3-6-9)14-15-8-4-7-13-12(11)15/h4,7-9H,1-3,5-6H2. The van der Waals surface area contributed by atoms with Crippen molar-refractivity contribution in [2.45, 2.75) is 38.0 Å². The highest BCUT2D eigenvalue weighted by Crippen LogP contribution is 2.37. The Morgan fingerprint density at radius 1 is 1.33 bits per heavy atom. The largest absolute Gasteiger partial charge is 0.337 e. The second-order valence-electron chi connectivity index (χ2n) is 4.71. The van der Waals surface area contributed by atoms with Crippen LogP contribution in [0.25, 0.3) is 5.65 Å². The molecule has 2 aromatic heterocycles. The van der Waals surface area contributed by atoms with Gasteiger partial charge in [-0.2, -0.15) is 5.10 Å². The number of aromatic nitrogens is 3. The lowest BCUT2D eigenvalue weighted by molar-refractivity contribution is -0.384. The number of fused-ring (bicyclic) bond motifs is 1. The molecule has 0 N–H and O–H groups in total. The molecule has 18 heavy (non-hydrogen) atoms. The summed E-state index contributed by atoms with van der Waals surface area (Å²) in [5.74, 6) is 0.209. The zero-order chi connectivity index (χ0) is 12.5. The molecule has 1 fully saturated rings. The smallest absolute Gasteiger partial charge is 0.258 e. The predicted octanol–water partition coefficient (Wildman–Crippen LogP) is 2.69. The van der Waals surface area contributed by atoms with E-state index < -0.39 is 0 Å². The lowest BCUT2D eigenvalue weighted by Crippen LogP contribution is -2.07. The maximum atomic E-state index is 11.3. The minimum atomic E-state index is -0.348. The fraction of sp³-hybridized carbons (Fsp3) is 0.500. The molecule has 1 aliphatic rings. The summed E-state index contributed by atoms with van der Waals surface area (Å²) in [5.41, 5.74) is 1.05. The van der Waals surface area contributed by atoms with Gasteiger partial charge >= 0.3 is 5.69 Å². The van der Waals surface area contributed by atoms with Crippen molar-refractivity contribution in [2.75, 3.05) is 0 Å². The molecule has 0 saturated heterocycles. The Morgan fingerprint density at radius 2 is 2.11 bits per heavy atom. The Morgan fingerprint density at radius 3 is 2.83 bits per heavy atom. The lowest BCUT2D eigenvalue weighted by atomic mass is 9.86. The molecule has 0 bridgehead atoms. The molecular weight excluding hydrogens is 232 g/mol. The van der Waals surface area contributed by atoms with Gasteiger partial charge in [0.15, 0.2) is 0 Å². The van der Waals surface area contributed by atoms with Crippen molar-refractivity contribution in [3.8, 4) is 0 Å². The zero-order valence-corrected chi connectivity index (χ0v) is 9.95. The summed E-state index contributed by atoms with van der Waals surface area (Å²) >= 11 is 0. The Kier molecular flexibility index (Phi) is 2.70. The van der Waals surface area contributed by atoms with Gasteiger partial charge in [0.25, 0.3) is 0 Å². The van der Waals surface area contributed by atoms with Gasteiger partial charge in [-0.3, -0.25) is 10.1 Å². The third-order valence-electron chi connectivity index (χ3n) is 3.57. The fourth-order valence-electron chi connectivity index (χ4n) is 2.72. The van der Waals surface area contributed by atoms with Crippen LogP contribution >= 0.6 is 0 Å². The second-order valence-corrected chi connectivity index (χ2v) is 4.71. The number of nitrogens with zero attached hydrogens (tertiary/aromatic N) is 4. The Labute approximate surface area is 104 Å². The van der Waals surface area contributed by atoms with Crippen LogP contribution < -0.4 is 0 Å². The van der Waals surface area contributed by atoms with Crippen LogP contribution in [0, 0.1) is 10.1 Å². The molecule has 0 unspecified atom stereocenters.